The predicted octanol–water partition coefficient (Wildman–Crippen LogP) is 13.7. The standard InChI is InChI=1S/C44H29N3OS.C7H8/c45-43(30-20-18-29(19-21-30)27-10-3-1-4-11-27)47-44(46)34-15-9-16-38-41(34)36-24-31(22-23-37(36)48-38)35-25-32(28-12-5-2-6-13-28)26-40-42(35)33-14-7-8-17-39(33)49-40;1-7-5-3-2-4-6-7/h1-26H,(H3,45,46,47);2-6H,1H3. The minimum absolute atomic E-state index is 0.104. The monoisotopic (exact) mass is 739 g/mol. The molecule has 0 atom stereocenters. The second kappa shape index (κ2) is 15.0. The van der Waals surface area contributed by atoms with E-state index < -0.39 is 0 Å². The van der Waals surface area contributed by atoms with Crippen LogP contribution >= 0.6 is 11.3 Å². The molecule has 268 valence electrons. The Morgan fingerprint density at radius 3 is 1.84 bits per heavy atom. The molecule has 0 aliphatic rings. The van der Waals surface area contributed by atoms with E-state index in [1.54, 1.807) is 0 Å². The normalized spacial score (nSPS) is 11.6. The lowest BCUT2D eigenvalue weighted by Crippen LogP contribution is -2.16. The number of aliphatic imine (C=N–C) groups is 1. The maximum Gasteiger partial charge on any atom is 0.154 e. The van der Waals surface area contributed by atoms with Gasteiger partial charge in [0.1, 0.15) is 17.0 Å². The zero-order chi connectivity index (χ0) is 38.0. The van der Waals surface area contributed by atoms with Crippen LogP contribution in [0.3, 0.4) is 0 Å². The molecule has 8 aromatic carbocycles. The SMILES string of the molecule is Cc1ccccc1.N=C(N=C(N)c1cccc2oc3ccc(-c4cc(-c5ccccc5)cc5sc6ccccc6c45)cc3c12)c1ccc(-c2ccccc2)cc1. The number of nitrogens with two attached hydrogens (primary N) is 1. The van der Waals surface area contributed by atoms with Gasteiger partial charge in [-0.3, -0.25) is 5.41 Å². The number of aryl methyl sites for hydroxylation is 1. The number of rotatable bonds is 5. The molecule has 3 N–H and O–H groups in total. The first-order chi connectivity index (χ1) is 27.5. The zero-order valence-electron chi connectivity index (χ0n) is 30.7. The van der Waals surface area contributed by atoms with Crippen molar-refractivity contribution in [2.24, 2.45) is 10.7 Å². The van der Waals surface area contributed by atoms with Crippen LogP contribution in [0.25, 0.3) is 75.5 Å². The van der Waals surface area contributed by atoms with Crippen molar-refractivity contribution in [2.45, 2.75) is 6.92 Å². The van der Waals surface area contributed by atoms with E-state index in [9.17, 15) is 0 Å². The molecule has 0 saturated carbocycles. The Morgan fingerprint density at radius 2 is 1.14 bits per heavy atom. The van der Waals surface area contributed by atoms with Gasteiger partial charge < -0.3 is 10.2 Å². The highest BCUT2D eigenvalue weighted by molar-refractivity contribution is 7.26. The Labute approximate surface area is 329 Å². The average molecular weight is 740 g/mol. The fourth-order valence-electron chi connectivity index (χ4n) is 7.32. The van der Waals surface area contributed by atoms with Crippen LogP contribution in [0, 0.1) is 12.3 Å². The Hall–Kier alpha value is -7.08. The Kier molecular flexibility index (Phi) is 9.27. The summed E-state index contributed by atoms with van der Waals surface area (Å²) < 4.78 is 8.87. The van der Waals surface area contributed by atoms with Crippen LogP contribution < -0.4 is 5.73 Å². The summed E-state index contributed by atoms with van der Waals surface area (Å²) in [6, 6.07) is 64.3. The molecule has 0 aliphatic carbocycles. The van der Waals surface area contributed by atoms with E-state index in [-0.39, 0.29) is 11.7 Å². The van der Waals surface area contributed by atoms with Crippen LogP contribution in [0.5, 0.6) is 0 Å². The van der Waals surface area contributed by atoms with Crippen LogP contribution in [0.15, 0.2) is 197 Å². The summed E-state index contributed by atoms with van der Waals surface area (Å²) in [5.41, 5.74) is 17.8. The number of furan rings is 1. The first kappa shape index (κ1) is 34.7. The molecule has 0 unspecified atom stereocenters. The molecule has 0 aliphatic heterocycles. The van der Waals surface area contributed by atoms with Crippen molar-refractivity contribution in [1.82, 2.24) is 0 Å². The van der Waals surface area contributed by atoms with Crippen molar-refractivity contribution in [2.75, 3.05) is 0 Å². The van der Waals surface area contributed by atoms with Crippen molar-refractivity contribution in [3.63, 3.8) is 0 Å². The lowest BCUT2D eigenvalue weighted by molar-refractivity contribution is 0.669. The van der Waals surface area contributed by atoms with E-state index >= 15 is 0 Å². The number of nitrogens with zero attached hydrogens (tertiary/aromatic N) is 1. The second-order valence-electron chi connectivity index (χ2n) is 13.8. The summed E-state index contributed by atoms with van der Waals surface area (Å²) in [6.45, 7) is 2.08. The van der Waals surface area contributed by atoms with Crippen LogP contribution in [-0.4, -0.2) is 11.7 Å². The highest BCUT2D eigenvalue weighted by atomic mass is 32.1. The second-order valence-corrected chi connectivity index (χ2v) is 14.9. The quantitative estimate of drug-likeness (QED) is 0.136. The molecule has 2 heterocycles. The molecule has 0 fully saturated rings. The molecule has 5 heteroatoms. The van der Waals surface area contributed by atoms with E-state index in [0.29, 0.717) is 5.56 Å². The summed E-state index contributed by atoms with van der Waals surface area (Å²) in [6.07, 6.45) is 0. The maximum absolute atomic E-state index is 8.79. The number of benzene rings is 8. The van der Waals surface area contributed by atoms with Gasteiger partial charge in [0, 0.05) is 42.1 Å². The first-order valence-electron chi connectivity index (χ1n) is 18.6. The fraction of sp³-hybridized carbons (Fsp3) is 0.0196. The smallest absolute Gasteiger partial charge is 0.154 e. The van der Waals surface area contributed by atoms with E-state index in [4.69, 9.17) is 15.6 Å². The average Bonchev–Trinajstić information content (AvgIpc) is 3.83. The van der Waals surface area contributed by atoms with Gasteiger partial charge in [-0.1, -0.05) is 157 Å². The van der Waals surface area contributed by atoms with Gasteiger partial charge in [0.2, 0.25) is 0 Å². The third-order valence-corrected chi connectivity index (χ3v) is 11.2. The van der Waals surface area contributed by atoms with Crippen LogP contribution in [0.1, 0.15) is 16.7 Å². The van der Waals surface area contributed by atoms with E-state index in [2.05, 4.69) is 115 Å². The Balaban J connectivity index is 0.000000530. The zero-order valence-corrected chi connectivity index (χ0v) is 31.6. The largest absolute Gasteiger partial charge is 0.456 e. The van der Waals surface area contributed by atoms with Gasteiger partial charge in [-0.25, -0.2) is 4.99 Å². The van der Waals surface area contributed by atoms with Gasteiger partial charge in [0.05, 0.1) is 0 Å². The van der Waals surface area contributed by atoms with Crippen molar-refractivity contribution in [1.29, 1.82) is 5.41 Å². The molecule has 56 heavy (non-hydrogen) atoms. The maximum atomic E-state index is 8.79. The predicted molar refractivity (Wildman–Crippen MR) is 238 cm³/mol. The van der Waals surface area contributed by atoms with Gasteiger partial charge in [0.25, 0.3) is 0 Å². The number of fused-ring (bicyclic) bond motifs is 6. The van der Waals surface area contributed by atoms with Gasteiger partial charge in [-0.05, 0) is 76.7 Å². The van der Waals surface area contributed by atoms with Gasteiger partial charge >= 0.3 is 0 Å². The summed E-state index contributed by atoms with van der Waals surface area (Å²) >= 11 is 1.83. The lowest BCUT2D eigenvalue weighted by atomic mass is 9.93. The molecule has 4 nitrogen and oxygen atoms in total. The van der Waals surface area contributed by atoms with Gasteiger partial charge in [-0.15, -0.1) is 11.3 Å². The van der Waals surface area contributed by atoms with Gasteiger partial charge in [0.15, 0.2) is 5.84 Å². The molecule has 0 bridgehead atoms. The summed E-state index contributed by atoms with van der Waals surface area (Å²) in [5.74, 6) is 0.375. The molecule has 10 rings (SSSR count). The van der Waals surface area contributed by atoms with Crippen molar-refractivity contribution >= 4 is 65.1 Å². The molecule has 2 aromatic heterocycles. The highest BCUT2D eigenvalue weighted by Gasteiger charge is 2.18. The summed E-state index contributed by atoms with van der Waals surface area (Å²) in [4.78, 5) is 4.59. The third kappa shape index (κ3) is 6.77. The number of thiophene rings is 1. The van der Waals surface area contributed by atoms with Crippen molar-refractivity contribution in [3.8, 4) is 33.4 Å². The van der Waals surface area contributed by atoms with Gasteiger partial charge in [-0.2, -0.15) is 0 Å². The van der Waals surface area contributed by atoms with E-state index in [1.165, 1.54) is 42.4 Å². The first-order valence-corrected chi connectivity index (χ1v) is 19.4. The molecular formula is C51H37N3OS. The Morgan fingerprint density at radius 1 is 0.518 bits per heavy atom. The molecular weight excluding hydrogens is 703 g/mol. The molecule has 0 radical (unpaired) electrons. The van der Waals surface area contributed by atoms with Crippen molar-refractivity contribution < 1.29 is 4.42 Å². The topological polar surface area (TPSA) is 75.4 Å². The van der Waals surface area contributed by atoms with Crippen LogP contribution in [0.4, 0.5) is 0 Å². The third-order valence-electron chi connectivity index (χ3n) is 10.1. The summed E-state index contributed by atoms with van der Waals surface area (Å²) in [7, 11) is 0. The highest BCUT2D eigenvalue weighted by Crippen LogP contribution is 2.44. The van der Waals surface area contributed by atoms with Crippen LogP contribution in [-0.2, 0) is 0 Å². The number of hydrogen-bond acceptors (Lipinski definition) is 3. The molecule has 10 aromatic rings. The minimum atomic E-state index is 0.104. The van der Waals surface area contributed by atoms with E-state index in [1.807, 2.05) is 96.3 Å². The fourth-order valence-corrected chi connectivity index (χ4v) is 8.49. The minimum Gasteiger partial charge on any atom is -0.456 e. The Bertz CT molecular complexity index is 3040. The number of nitrogens with one attached hydrogen (secondary N) is 1. The van der Waals surface area contributed by atoms with Crippen LogP contribution in [0.2, 0.25) is 0 Å². The molecule has 0 amide bonds. The molecule has 0 saturated heterocycles. The molecule has 0 spiro atoms. The van der Waals surface area contributed by atoms with Crippen molar-refractivity contribution in [3.05, 3.63) is 205 Å². The van der Waals surface area contributed by atoms with E-state index in [0.717, 1.165) is 44.2 Å². The number of hydrogen-bond donors (Lipinski definition) is 2. The summed E-state index contributed by atoms with van der Waals surface area (Å²) in [5, 5.41) is 13.1. The lowest BCUT2D eigenvalue weighted by Gasteiger charge is -2.10. The number of amidine groups is 2.